The molecule has 0 aliphatic heterocycles. The molecule has 1 aromatic carbocycles. The van der Waals surface area contributed by atoms with E-state index >= 15 is 0 Å². The molecule has 2 rings (SSSR count). The Balaban J connectivity index is 2.08. The van der Waals surface area contributed by atoms with Crippen LogP contribution in [0.4, 0.5) is 5.69 Å². The second-order valence-corrected chi connectivity index (χ2v) is 6.85. The Kier molecular flexibility index (Phi) is 5.15. The van der Waals surface area contributed by atoms with Gasteiger partial charge in [-0.1, -0.05) is 24.9 Å². The molecule has 1 saturated carbocycles. The smallest absolute Gasteiger partial charge is 0.0568 e. The highest BCUT2D eigenvalue weighted by Gasteiger charge is 2.33. The zero-order chi connectivity index (χ0) is 13.9. The number of halogens is 2. The first kappa shape index (κ1) is 15.1. The Labute approximate surface area is 129 Å². The first-order valence-corrected chi connectivity index (χ1v) is 8.19. The fourth-order valence-electron chi connectivity index (χ4n) is 2.90. The zero-order valence-corrected chi connectivity index (χ0v) is 13.7. The molecule has 2 nitrogen and oxygen atoms in total. The van der Waals surface area contributed by atoms with Gasteiger partial charge in [0, 0.05) is 22.2 Å². The van der Waals surface area contributed by atoms with Crippen molar-refractivity contribution >= 4 is 33.2 Å². The summed E-state index contributed by atoms with van der Waals surface area (Å²) in [7, 11) is 0. The lowest BCUT2D eigenvalue weighted by molar-refractivity contribution is 0.253. The summed E-state index contributed by atoms with van der Waals surface area (Å²) in [6, 6.07) is 6.00. The molecule has 0 spiro atoms. The lowest BCUT2D eigenvalue weighted by Crippen LogP contribution is -2.48. The predicted octanol–water partition coefficient (Wildman–Crippen LogP) is 4.81. The molecule has 0 amide bonds. The van der Waals surface area contributed by atoms with Crippen LogP contribution in [0, 0.1) is 5.92 Å². The van der Waals surface area contributed by atoms with Crippen LogP contribution >= 0.6 is 27.5 Å². The van der Waals surface area contributed by atoms with Crippen molar-refractivity contribution in [3.63, 3.8) is 0 Å². The summed E-state index contributed by atoms with van der Waals surface area (Å²) >= 11 is 9.57. The van der Waals surface area contributed by atoms with E-state index in [1.807, 2.05) is 12.1 Å². The van der Waals surface area contributed by atoms with Crippen molar-refractivity contribution < 1.29 is 0 Å². The summed E-state index contributed by atoms with van der Waals surface area (Å²) in [5, 5.41) is 4.36. The van der Waals surface area contributed by atoms with E-state index < -0.39 is 0 Å². The SMILES string of the molecule is CCC1CCC(CN)(Nc2ccc(Br)c(Cl)c2)CC1. The van der Waals surface area contributed by atoms with Crippen LogP contribution in [0.3, 0.4) is 0 Å². The van der Waals surface area contributed by atoms with Crippen molar-refractivity contribution in [2.75, 3.05) is 11.9 Å². The highest BCUT2D eigenvalue weighted by Crippen LogP contribution is 2.36. The Morgan fingerprint density at radius 3 is 2.63 bits per heavy atom. The molecule has 0 atom stereocenters. The minimum absolute atomic E-state index is 0.0445. The van der Waals surface area contributed by atoms with Crippen LogP contribution in [0.15, 0.2) is 22.7 Å². The average Bonchev–Trinajstić information content (AvgIpc) is 2.44. The fraction of sp³-hybridized carbons (Fsp3) is 0.600. The molecule has 0 radical (unpaired) electrons. The summed E-state index contributed by atoms with van der Waals surface area (Å²) < 4.78 is 0.927. The molecule has 1 aliphatic carbocycles. The molecule has 0 heterocycles. The highest BCUT2D eigenvalue weighted by atomic mass is 79.9. The third-order valence-electron chi connectivity index (χ3n) is 4.36. The van der Waals surface area contributed by atoms with E-state index in [1.165, 1.54) is 19.3 Å². The van der Waals surface area contributed by atoms with Gasteiger partial charge >= 0.3 is 0 Å². The van der Waals surface area contributed by atoms with E-state index in [2.05, 4.69) is 34.2 Å². The largest absolute Gasteiger partial charge is 0.378 e. The molecule has 0 unspecified atom stereocenters. The van der Waals surface area contributed by atoms with Crippen LogP contribution in [-0.2, 0) is 0 Å². The van der Waals surface area contributed by atoms with Gasteiger partial charge in [-0.25, -0.2) is 0 Å². The quantitative estimate of drug-likeness (QED) is 0.821. The normalized spacial score (nSPS) is 27.3. The number of nitrogens with two attached hydrogens (primary N) is 1. The third kappa shape index (κ3) is 3.65. The molecule has 1 fully saturated rings. The van der Waals surface area contributed by atoms with Gasteiger partial charge in [-0.15, -0.1) is 0 Å². The predicted molar refractivity (Wildman–Crippen MR) is 86.8 cm³/mol. The topological polar surface area (TPSA) is 38.0 Å². The van der Waals surface area contributed by atoms with Crippen LogP contribution in [0.5, 0.6) is 0 Å². The van der Waals surface area contributed by atoms with Crippen molar-refractivity contribution in [3.8, 4) is 0 Å². The van der Waals surface area contributed by atoms with E-state index in [4.69, 9.17) is 17.3 Å². The monoisotopic (exact) mass is 344 g/mol. The van der Waals surface area contributed by atoms with E-state index in [0.29, 0.717) is 6.54 Å². The van der Waals surface area contributed by atoms with Gasteiger partial charge in [0.15, 0.2) is 0 Å². The molecule has 19 heavy (non-hydrogen) atoms. The van der Waals surface area contributed by atoms with Crippen molar-refractivity contribution in [1.29, 1.82) is 0 Å². The maximum absolute atomic E-state index is 6.15. The number of anilines is 1. The number of hydrogen-bond donors (Lipinski definition) is 2. The standard InChI is InChI=1S/C15H22BrClN2/c1-2-11-5-7-15(10-18,8-6-11)19-12-3-4-13(16)14(17)9-12/h3-4,9,11,19H,2,5-8,10,18H2,1H3. The molecule has 0 saturated heterocycles. The Morgan fingerprint density at radius 1 is 1.42 bits per heavy atom. The number of benzene rings is 1. The Bertz CT molecular complexity index is 428. The Morgan fingerprint density at radius 2 is 2.11 bits per heavy atom. The second kappa shape index (κ2) is 6.47. The van der Waals surface area contributed by atoms with Crippen LogP contribution < -0.4 is 11.1 Å². The molecule has 1 aromatic rings. The van der Waals surface area contributed by atoms with E-state index in [-0.39, 0.29) is 5.54 Å². The highest BCUT2D eigenvalue weighted by molar-refractivity contribution is 9.10. The summed E-state index contributed by atoms with van der Waals surface area (Å²) in [6.45, 7) is 2.96. The maximum Gasteiger partial charge on any atom is 0.0568 e. The zero-order valence-electron chi connectivity index (χ0n) is 11.4. The van der Waals surface area contributed by atoms with Gasteiger partial charge in [0.1, 0.15) is 0 Å². The average molecular weight is 346 g/mol. The Hall–Kier alpha value is -0.250. The molecular formula is C15H22BrClN2. The summed E-state index contributed by atoms with van der Waals surface area (Å²) in [6.07, 6.45) is 6.12. The van der Waals surface area contributed by atoms with E-state index in [1.54, 1.807) is 0 Å². The molecule has 0 bridgehead atoms. The molecular weight excluding hydrogens is 324 g/mol. The molecule has 3 N–H and O–H groups in total. The minimum Gasteiger partial charge on any atom is -0.378 e. The lowest BCUT2D eigenvalue weighted by Gasteiger charge is -2.41. The maximum atomic E-state index is 6.15. The van der Waals surface area contributed by atoms with Crippen LogP contribution in [0.2, 0.25) is 5.02 Å². The molecule has 1 aliphatic rings. The first-order chi connectivity index (χ1) is 9.08. The molecule has 0 aromatic heterocycles. The fourth-order valence-corrected chi connectivity index (χ4v) is 3.33. The van der Waals surface area contributed by atoms with Crippen LogP contribution in [0.1, 0.15) is 39.0 Å². The van der Waals surface area contributed by atoms with Crippen LogP contribution in [-0.4, -0.2) is 12.1 Å². The van der Waals surface area contributed by atoms with Crippen molar-refractivity contribution in [3.05, 3.63) is 27.7 Å². The number of nitrogens with one attached hydrogen (secondary N) is 1. The van der Waals surface area contributed by atoms with Gasteiger partial charge < -0.3 is 11.1 Å². The van der Waals surface area contributed by atoms with Crippen molar-refractivity contribution in [2.24, 2.45) is 11.7 Å². The van der Waals surface area contributed by atoms with Gasteiger partial charge in [0.05, 0.1) is 5.02 Å². The molecule has 4 heteroatoms. The minimum atomic E-state index is 0.0445. The van der Waals surface area contributed by atoms with Gasteiger partial charge in [0.2, 0.25) is 0 Å². The van der Waals surface area contributed by atoms with Crippen LogP contribution in [0.25, 0.3) is 0 Å². The number of hydrogen-bond acceptors (Lipinski definition) is 2. The van der Waals surface area contributed by atoms with E-state index in [0.717, 1.165) is 33.9 Å². The van der Waals surface area contributed by atoms with Gasteiger partial charge in [-0.05, 0) is 65.7 Å². The van der Waals surface area contributed by atoms with Gasteiger partial charge in [-0.2, -0.15) is 0 Å². The lowest BCUT2D eigenvalue weighted by atomic mass is 9.75. The summed E-state index contributed by atoms with van der Waals surface area (Å²) in [5.74, 6) is 0.870. The molecule has 106 valence electrons. The summed E-state index contributed by atoms with van der Waals surface area (Å²) in [4.78, 5) is 0. The summed E-state index contributed by atoms with van der Waals surface area (Å²) in [5.41, 5.74) is 7.14. The first-order valence-electron chi connectivity index (χ1n) is 7.02. The van der Waals surface area contributed by atoms with Crippen molar-refractivity contribution in [2.45, 2.75) is 44.6 Å². The van der Waals surface area contributed by atoms with E-state index in [9.17, 15) is 0 Å². The number of rotatable bonds is 4. The second-order valence-electron chi connectivity index (χ2n) is 5.59. The van der Waals surface area contributed by atoms with Gasteiger partial charge in [0.25, 0.3) is 0 Å². The third-order valence-corrected chi connectivity index (χ3v) is 5.59. The van der Waals surface area contributed by atoms with Crippen molar-refractivity contribution in [1.82, 2.24) is 0 Å². The van der Waals surface area contributed by atoms with Gasteiger partial charge in [-0.3, -0.25) is 0 Å².